The molecule has 0 bridgehead atoms. The van der Waals surface area contributed by atoms with Crippen molar-refractivity contribution in [2.75, 3.05) is 57.2 Å². The average Bonchev–Trinajstić information content (AvgIpc) is 2.94. The molecule has 0 spiro atoms. The Balaban J connectivity index is 1.70. The van der Waals surface area contributed by atoms with Gasteiger partial charge in [-0.05, 0) is 57.5 Å². The molecule has 1 fully saturated rings. The number of methoxy groups -OCH3 is 1. The van der Waals surface area contributed by atoms with Crippen LogP contribution in [0.15, 0.2) is 48.9 Å². The monoisotopic (exact) mass is 562 g/mol. The number of pyridine rings is 2. The SMILES string of the molecule is COc1ncc(-c2nc(C)cc(-c3ccc(N(C=O)/C=C\N(C)C)c(F)c3)c2O)cc1N1CCN(C(C)(C)C)CC1. The van der Waals surface area contributed by atoms with E-state index in [1.54, 1.807) is 50.6 Å². The minimum absolute atomic E-state index is 0.0852. The molecule has 3 heterocycles. The number of aromatic hydroxyl groups is 1. The first-order valence-corrected chi connectivity index (χ1v) is 13.6. The van der Waals surface area contributed by atoms with Crippen LogP contribution in [0.1, 0.15) is 26.5 Å². The van der Waals surface area contributed by atoms with Crippen molar-refractivity contribution in [2.45, 2.75) is 33.2 Å². The van der Waals surface area contributed by atoms with Crippen LogP contribution >= 0.6 is 0 Å². The Morgan fingerprint density at radius 3 is 2.34 bits per heavy atom. The van der Waals surface area contributed by atoms with Gasteiger partial charge in [0.15, 0.2) is 0 Å². The number of nitrogens with zero attached hydrogens (tertiary/aromatic N) is 6. The fraction of sp³-hybridized carbons (Fsp3) is 0.387. The first kappa shape index (κ1) is 29.8. The largest absolute Gasteiger partial charge is 0.505 e. The second-order valence-corrected chi connectivity index (χ2v) is 11.3. The number of halogens is 1. The summed E-state index contributed by atoms with van der Waals surface area (Å²) < 4.78 is 20.8. The summed E-state index contributed by atoms with van der Waals surface area (Å²) in [4.78, 5) is 28.3. The quantitative estimate of drug-likeness (QED) is 0.389. The van der Waals surface area contributed by atoms with Crippen molar-refractivity contribution in [1.82, 2.24) is 19.8 Å². The Labute approximate surface area is 241 Å². The van der Waals surface area contributed by atoms with Crippen LogP contribution < -0.4 is 14.5 Å². The van der Waals surface area contributed by atoms with Gasteiger partial charge in [0.2, 0.25) is 12.3 Å². The van der Waals surface area contributed by atoms with Gasteiger partial charge in [-0.15, -0.1) is 0 Å². The Morgan fingerprint density at radius 2 is 1.76 bits per heavy atom. The molecule has 0 unspecified atom stereocenters. The van der Waals surface area contributed by atoms with Crippen molar-refractivity contribution in [1.29, 1.82) is 0 Å². The molecule has 0 saturated carbocycles. The van der Waals surface area contributed by atoms with E-state index in [2.05, 4.69) is 40.5 Å². The predicted octanol–water partition coefficient (Wildman–Crippen LogP) is 4.89. The first-order chi connectivity index (χ1) is 19.4. The van der Waals surface area contributed by atoms with Gasteiger partial charge in [0.1, 0.15) is 22.9 Å². The molecule has 0 radical (unpaired) electrons. The summed E-state index contributed by atoms with van der Waals surface area (Å²) in [6.45, 7) is 11.9. The number of ether oxygens (including phenoxy) is 1. The van der Waals surface area contributed by atoms with Crippen molar-refractivity contribution < 1.29 is 19.0 Å². The standard InChI is InChI=1S/C31H39FN6O3/c1-21-16-24(22-8-9-26(25(32)17-22)37(20-39)11-10-35(5)6)29(40)28(34-21)23-18-27(30(41-7)33-19-23)36-12-14-38(15-13-36)31(2,3)4/h8-11,16-20,40H,12-15H2,1-7H3/b11-10-. The number of rotatable bonds is 8. The van der Waals surface area contributed by atoms with Gasteiger partial charge in [-0.2, -0.15) is 0 Å². The summed E-state index contributed by atoms with van der Waals surface area (Å²) in [6, 6.07) is 8.13. The molecule has 0 aliphatic carbocycles. The van der Waals surface area contributed by atoms with Crippen LogP contribution in [0, 0.1) is 12.7 Å². The van der Waals surface area contributed by atoms with E-state index in [9.17, 15) is 9.90 Å². The smallest absolute Gasteiger partial charge is 0.237 e. The molecule has 1 N–H and O–H groups in total. The van der Waals surface area contributed by atoms with Crippen molar-refractivity contribution in [3.63, 3.8) is 0 Å². The number of hydrogen-bond acceptors (Lipinski definition) is 8. The Bertz CT molecular complexity index is 1430. The molecule has 1 aromatic carbocycles. The molecule has 9 nitrogen and oxygen atoms in total. The molecule has 2 aromatic heterocycles. The normalized spacial score (nSPS) is 14.4. The van der Waals surface area contributed by atoms with Crippen LogP contribution in [-0.2, 0) is 4.79 Å². The Kier molecular flexibility index (Phi) is 8.82. The van der Waals surface area contributed by atoms with Gasteiger partial charge >= 0.3 is 0 Å². The highest BCUT2D eigenvalue weighted by molar-refractivity contribution is 5.84. The lowest BCUT2D eigenvalue weighted by Gasteiger charge is -2.43. The van der Waals surface area contributed by atoms with Crippen molar-refractivity contribution in [3.8, 4) is 34.0 Å². The molecular formula is C31H39FN6O3. The number of benzene rings is 1. The highest BCUT2D eigenvalue weighted by Crippen LogP contribution is 2.40. The molecule has 1 aliphatic heterocycles. The summed E-state index contributed by atoms with van der Waals surface area (Å²) in [7, 11) is 5.20. The molecule has 10 heteroatoms. The lowest BCUT2D eigenvalue weighted by Crippen LogP contribution is -2.53. The summed E-state index contributed by atoms with van der Waals surface area (Å²) >= 11 is 0. The van der Waals surface area contributed by atoms with E-state index in [-0.39, 0.29) is 17.0 Å². The van der Waals surface area contributed by atoms with E-state index < -0.39 is 5.82 Å². The zero-order chi connectivity index (χ0) is 29.9. The minimum atomic E-state index is -0.601. The zero-order valence-corrected chi connectivity index (χ0v) is 24.8. The lowest BCUT2D eigenvalue weighted by atomic mass is 10.00. The number of hydrogen-bond donors (Lipinski definition) is 1. The molecule has 4 rings (SSSR count). The van der Waals surface area contributed by atoms with E-state index in [0.717, 1.165) is 36.8 Å². The van der Waals surface area contributed by atoms with Gasteiger partial charge in [-0.25, -0.2) is 14.4 Å². The van der Waals surface area contributed by atoms with Crippen LogP contribution in [0.3, 0.4) is 0 Å². The third-order valence-electron chi connectivity index (χ3n) is 7.16. The fourth-order valence-electron chi connectivity index (χ4n) is 4.92. The fourth-order valence-corrected chi connectivity index (χ4v) is 4.92. The topological polar surface area (TPSA) is 85.3 Å². The molecule has 0 atom stereocenters. The number of anilines is 2. The van der Waals surface area contributed by atoms with Crippen LogP contribution in [0.25, 0.3) is 22.4 Å². The number of aryl methyl sites for hydroxylation is 1. The summed E-state index contributed by atoms with van der Waals surface area (Å²) in [5, 5.41) is 11.4. The average molecular weight is 563 g/mol. The van der Waals surface area contributed by atoms with Gasteiger partial charge in [0.25, 0.3) is 0 Å². The molecule has 3 aromatic rings. The maximum absolute atomic E-state index is 15.2. The third kappa shape index (κ3) is 6.59. The van der Waals surface area contributed by atoms with E-state index in [4.69, 9.17) is 4.74 Å². The highest BCUT2D eigenvalue weighted by atomic mass is 19.1. The van der Waals surface area contributed by atoms with E-state index >= 15 is 4.39 Å². The Morgan fingerprint density at radius 1 is 1.05 bits per heavy atom. The van der Waals surface area contributed by atoms with Crippen LogP contribution in [0.5, 0.6) is 11.6 Å². The molecular weight excluding hydrogens is 523 g/mol. The van der Waals surface area contributed by atoms with Gasteiger partial charge in [0.05, 0.1) is 12.8 Å². The summed E-state index contributed by atoms with van der Waals surface area (Å²) in [5.74, 6) is -0.180. The van der Waals surface area contributed by atoms with Crippen LogP contribution in [-0.4, -0.2) is 84.2 Å². The van der Waals surface area contributed by atoms with Crippen molar-refractivity contribution in [3.05, 3.63) is 60.4 Å². The number of amides is 1. The van der Waals surface area contributed by atoms with E-state index in [0.29, 0.717) is 40.4 Å². The van der Waals surface area contributed by atoms with Crippen molar-refractivity contribution in [2.24, 2.45) is 0 Å². The van der Waals surface area contributed by atoms with E-state index in [1.807, 2.05) is 13.0 Å². The number of aromatic nitrogens is 2. The summed E-state index contributed by atoms with van der Waals surface area (Å²) in [6.07, 6.45) is 5.30. The number of carbonyl (C=O) groups is 1. The van der Waals surface area contributed by atoms with Gasteiger partial charge in [0, 0.05) is 81.2 Å². The molecule has 1 saturated heterocycles. The maximum Gasteiger partial charge on any atom is 0.237 e. The van der Waals surface area contributed by atoms with Crippen molar-refractivity contribution >= 4 is 17.8 Å². The first-order valence-electron chi connectivity index (χ1n) is 13.6. The van der Waals surface area contributed by atoms with Crippen LogP contribution in [0.4, 0.5) is 15.8 Å². The number of carbonyl (C=O) groups excluding carboxylic acids is 1. The van der Waals surface area contributed by atoms with E-state index in [1.165, 1.54) is 18.3 Å². The minimum Gasteiger partial charge on any atom is -0.505 e. The molecule has 41 heavy (non-hydrogen) atoms. The second kappa shape index (κ2) is 12.1. The lowest BCUT2D eigenvalue weighted by molar-refractivity contribution is -0.107. The zero-order valence-electron chi connectivity index (χ0n) is 24.8. The van der Waals surface area contributed by atoms with Gasteiger partial charge in [-0.3, -0.25) is 14.6 Å². The van der Waals surface area contributed by atoms with Gasteiger partial charge < -0.3 is 19.6 Å². The predicted molar refractivity (Wildman–Crippen MR) is 161 cm³/mol. The second-order valence-electron chi connectivity index (χ2n) is 11.3. The Hall–Kier alpha value is -4.18. The molecule has 218 valence electrons. The van der Waals surface area contributed by atoms with Gasteiger partial charge in [-0.1, -0.05) is 6.07 Å². The number of piperazine rings is 1. The van der Waals surface area contributed by atoms with Crippen LogP contribution in [0.2, 0.25) is 0 Å². The molecule has 1 aliphatic rings. The summed E-state index contributed by atoms with van der Waals surface area (Å²) in [5.41, 5.74) is 3.53. The molecule has 1 amide bonds. The third-order valence-corrected chi connectivity index (χ3v) is 7.16. The highest BCUT2D eigenvalue weighted by Gasteiger charge is 2.28. The maximum atomic E-state index is 15.2.